The van der Waals surface area contributed by atoms with Gasteiger partial charge in [0, 0.05) is 36.2 Å². The summed E-state index contributed by atoms with van der Waals surface area (Å²) in [5, 5.41) is 0.105. The number of carbonyl (C=O) groups is 2. The van der Waals surface area contributed by atoms with Gasteiger partial charge >= 0.3 is 0 Å². The van der Waals surface area contributed by atoms with E-state index in [0.717, 1.165) is 0 Å². The normalized spacial score (nSPS) is 13.2. The van der Waals surface area contributed by atoms with E-state index < -0.39 is 0 Å². The Labute approximate surface area is 180 Å². The molecule has 0 aliphatic heterocycles. The molecule has 2 rings (SSSR count). The van der Waals surface area contributed by atoms with Crippen molar-refractivity contribution in [2.45, 2.75) is 77.7 Å². The monoisotopic (exact) mass is 410 g/mol. The average molecular weight is 411 g/mol. The average Bonchev–Trinajstić information content (AvgIpc) is 2.70. The van der Waals surface area contributed by atoms with Crippen molar-refractivity contribution in [3.63, 3.8) is 0 Å². The minimum absolute atomic E-state index is 0.0527. The molecule has 156 valence electrons. The molecule has 0 aliphatic rings. The Kier molecular flexibility index (Phi) is 8.70. The molecular formula is C26H34O2S. The molecule has 2 atom stereocenters. The van der Waals surface area contributed by atoms with Crippen molar-refractivity contribution in [2.24, 2.45) is 0 Å². The molecule has 2 unspecified atom stereocenters. The zero-order valence-electron chi connectivity index (χ0n) is 18.7. The van der Waals surface area contributed by atoms with E-state index in [2.05, 4.69) is 64.1 Å². The number of ketones is 2. The molecular weight excluding hydrogens is 376 g/mol. The molecule has 2 aromatic rings. The van der Waals surface area contributed by atoms with Crippen LogP contribution in [0, 0.1) is 27.7 Å². The highest BCUT2D eigenvalue weighted by Gasteiger charge is 2.26. The standard InChI is InChI=1S/C26H34O2S/c1-7-21(27)15-25(23-13-17(3)9-11-19(23)5)29-26(16-22(28)8-2)24-14-18(4)10-12-20(24)6/h9-14,25-26H,7-8,15-16H2,1-6H3. The highest BCUT2D eigenvalue weighted by Crippen LogP contribution is 2.46. The van der Waals surface area contributed by atoms with Crippen molar-refractivity contribution >= 4 is 23.3 Å². The molecule has 0 spiro atoms. The van der Waals surface area contributed by atoms with E-state index in [1.165, 1.54) is 33.4 Å². The summed E-state index contributed by atoms with van der Waals surface area (Å²) in [6.45, 7) is 12.3. The summed E-state index contributed by atoms with van der Waals surface area (Å²) in [4.78, 5) is 24.9. The summed E-state index contributed by atoms with van der Waals surface area (Å²) < 4.78 is 0. The Morgan fingerprint density at radius 1 is 0.724 bits per heavy atom. The maximum atomic E-state index is 12.4. The van der Waals surface area contributed by atoms with Gasteiger partial charge in [0.1, 0.15) is 11.6 Å². The van der Waals surface area contributed by atoms with Gasteiger partial charge < -0.3 is 0 Å². The zero-order valence-corrected chi connectivity index (χ0v) is 19.5. The van der Waals surface area contributed by atoms with Gasteiger partial charge in [0.05, 0.1) is 0 Å². The highest BCUT2D eigenvalue weighted by atomic mass is 32.2. The summed E-state index contributed by atoms with van der Waals surface area (Å²) >= 11 is 1.79. The molecule has 0 saturated heterocycles. The third-order valence-corrected chi connectivity index (χ3v) is 7.00. The molecule has 0 amide bonds. The molecule has 2 nitrogen and oxygen atoms in total. The number of thioether (sulfide) groups is 1. The highest BCUT2D eigenvalue weighted by molar-refractivity contribution is 7.99. The van der Waals surface area contributed by atoms with Gasteiger partial charge in [0.25, 0.3) is 0 Å². The minimum atomic E-state index is 0.0527. The lowest BCUT2D eigenvalue weighted by atomic mass is 9.98. The van der Waals surface area contributed by atoms with E-state index in [1.807, 2.05) is 13.8 Å². The van der Waals surface area contributed by atoms with E-state index in [9.17, 15) is 9.59 Å². The van der Waals surface area contributed by atoms with Crippen LogP contribution in [0.5, 0.6) is 0 Å². The number of Topliss-reactive ketones (excluding diaryl/α,β-unsaturated/α-hetero) is 2. The van der Waals surface area contributed by atoms with Gasteiger partial charge in [-0.3, -0.25) is 9.59 Å². The minimum Gasteiger partial charge on any atom is -0.300 e. The smallest absolute Gasteiger partial charge is 0.134 e. The molecule has 0 fully saturated rings. The third kappa shape index (κ3) is 6.57. The molecule has 3 heteroatoms. The molecule has 0 aliphatic carbocycles. The number of rotatable bonds is 10. The van der Waals surface area contributed by atoms with E-state index in [1.54, 1.807) is 11.8 Å². The second kappa shape index (κ2) is 10.8. The van der Waals surface area contributed by atoms with Crippen LogP contribution < -0.4 is 0 Å². The first-order valence-corrected chi connectivity index (χ1v) is 11.5. The fraction of sp³-hybridized carbons (Fsp3) is 0.462. The fourth-order valence-corrected chi connectivity index (χ4v) is 5.34. The number of hydrogen-bond donors (Lipinski definition) is 0. The molecule has 0 heterocycles. The van der Waals surface area contributed by atoms with E-state index in [-0.39, 0.29) is 22.1 Å². The summed E-state index contributed by atoms with van der Waals surface area (Å²) in [7, 11) is 0. The van der Waals surface area contributed by atoms with Gasteiger partial charge in [-0.1, -0.05) is 61.4 Å². The molecule has 0 saturated carbocycles. The summed E-state index contributed by atoms with van der Waals surface area (Å²) in [6.07, 6.45) is 2.11. The van der Waals surface area contributed by atoms with Crippen molar-refractivity contribution in [1.82, 2.24) is 0 Å². The lowest BCUT2D eigenvalue weighted by molar-refractivity contribution is -0.119. The van der Waals surface area contributed by atoms with E-state index >= 15 is 0 Å². The van der Waals surface area contributed by atoms with Gasteiger partial charge in [0.15, 0.2) is 0 Å². The Hall–Kier alpha value is -1.87. The van der Waals surface area contributed by atoms with Crippen molar-refractivity contribution < 1.29 is 9.59 Å². The first-order valence-electron chi connectivity index (χ1n) is 10.6. The predicted molar refractivity (Wildman–Crippen MR) is 125 cm³/mol. The van der Waals surface area contributed by atoms with Gasteiger partial charge in [-0.2, -0.15) is 0 Å². The molecule has 0 N–H and O–H groups in total. The van der Waals surface area contributed by atoms with Crippen LogP contribution in [0.3, 0.4) is 0 Å². The van der Waals surface area contributed by atoms with Crippen LogP contribution >= 0.6 is 11.8 Å². The maximum Gasteiger partial charge on any atom is 0.134 e. The molecule has 0 radical (unpaired) electrons. The van der Waals surface area contributed by atoms with Crippen LogP contribution in [-0.2, 0) is 9.59 Å². The molecule has 29 heavy (non-hydrogen) atoms. The fourth-order valence-electron chi connectivity index (χ4n) is 3.58. The van der Waals surface area contributed by atoms with E-state index in [0.29, 0.717) is 25.7 Å². The van der Waals surface area contributed by atoms with Crippen LogP contribution in [0.2, 0.25) is 0 Å². The lowest BCUT2D eigenvalue weighted by Crippen LogP contribution is -2.11. The number of hydrogen-bond acceptors (Lipinski definition) is 3. The van der Waals surface area contributed by atoms with Crippen LogP contribution in [-0.4, -0.2) is 11.6 Å². The second-order valence-corrected chi connectivity index (χ2v) is 9.44. The maximum absolute atomic E-state index is 12.4. The summed E-state index contributed by atoms with van der Waals surface area (Å²) in [5.74, 6) is 0.537. The van der Waals surface area contributed by atoms with Crippen molar-refractivity contribution in [2.75, 3.05) is 0 Å². The first-order chi connectivity index (χ1) is 13.7. The van der Waals surface area contributed by atoms with Crippen LogP contribution in [0.25, 0.3) is 0 Å². The third-order valence-electron chi connectivity index (χ3n) is 5.51. The summed E-state index contributed by atoms with van der Waals surface area (Å²) in [5.41, 5.74) is 7.25. The lowest BCUT2D eigenvalue weighted by Gasteiger charge is -2.26. The van der Waals surface area contributed by atoms with Gasteiger partial charge in [0.2, 0.25) is 0 Å². The SMILES string of the molecule is CCC(=O)CC(SC(CC(=O)CC)c1cc(C)ccc1C)c1cc(C)ccc1C. The predicted octanol–water partition coefficient (Wildman–Crippen LogP) is 7.17. The Morgan fingerprint density at radius 3 is 1.45 bits per heavy atom. The van der Waals surface area contributed by atoms with Crippen molar-refractivity contribution in [1.29, 1.82) is 0 Å². The molecule has 0 bridgehead atoms. The van der Waals surface area contributed by atoms with Gasteiger partial charge in [-0.25, -0.2) is 0 Å². The van der Waals surface area contributed by atoms with E-state index in [4.69, 9.17) is 0 Å². The zero-order chi connectivity index (χ0) is 21.6. The van der Waals surface area contributed by atoms with Crippen LogP contribution in [0.1, 0.15) is 83.4 Å². The summed E-state index contributed by atoms with van der Waals surface area (Å²) in [6, 6.07) is 12.9. The Morgan fingerprint density at radius 2 is 1.10 bits per heavy atom. The Balaban J connectivity index is 2.48. The first kappa shape index (κ1) is 23.4. The Bertz CT molecular complexity index is 798. The van der Waals surface area contributed by atoms with Crippen molar-refractivity contribution in [3.8, 4) is 0 Å². The van der Waals surface area contributed by atoms with Crippen LogP contribution in [0.4, 0.5) is 0 Å². The van der Waals surface area contributed by atoms with Crippen LogP contribution in [0.15, 0.2) is 36.4 Å². The molecule has 0 aromatic heterocycles. The molecule has 2 aromatic carbocycles. The second-order valence-electron chi connectivity index (χ2n) is 8.03. The van der Waals surface area contributed by atoms with Gasteiger partial charge in [-0.15, -0.1) is 11.8 Å². The quantitative estimate of drug-likeness (QED) is 0.416. The number of aryl methyl sites for hydroxylation is 4. The number of carbonyl (C=O) groups excluding carboxylic acids is 2. The largest absolute Gasteiger partial charge is 0.300 e. The number of benzene rings is 2. The topological polar surface area (TPSA) is 34.1 Å². The van der Waals surface area contributed by atoms with Gasteiger partial charge in [-0.05, 0) is 49.9 Å². The van der Waals surface area contributed by atoms with Crippen molar-refractivity contribution in [3.05, 3.63) is 69.8 Å².